The number of hydrogen-bond donors (Lipinski definition) is 1. The van der Waals surface area contributed by atoms with Crippen LogP contribution in [-0.4, -0.2) is 55.1 Å². The zero-order valence-electron chi connectivity index (χ0n) is 11.0. The molecule has 3 heteroatoms. The minimum absolute atomic E-state index is 0.535. The maximum Gasteiger partial charge on any atom is 0.0224 e. The molecule has 3 nitrogen and oxygen atoms in total. The summed E-state index contributed by atoms with van der Waals surface area (Å²) in [5.74, 6) is 0. The number of nitrogens with two attached hydrogens (primary N) is 1. The van der Waals surface area contributed by atoms with E-state index < -0.39 is 0 Å². The van der Waals surface area contributed by atoms with Gasteiger partial charge in [0.2, 0.25) is 0 Å². The summed E-state index contributed by atoms with van der Waals surface area (Å²) in [6.45, 7) is 7.47. The van der Waals surface area contributed by atoms with Gasteiger partial charge in [-0.3, -0.25) is 4.90 Å². The summed E-state index contributed by atoms with van der Waals surface area (Å²) in [4.78, 5) is 5.39. The first kappa shape index (κ1) is 11.9. The van der Waals surface area contributed by atoms with E-state index in [2.05, 4.69) is 9.80 Å². The lowest BCUT2D eigenvalue weighted by atomic mass is 9.66. The third-order valence-electron chi connectivity index (χ3n) is 5.48. The van der Waals surface area contributed by atoms with Crippen molar-refractivity contribution < 1.29 is 0 Å². The quantitative estimate of drug-likeness (QED) is 0.799. The van der Waals surface area contributed by atoms with E-state index in [1.54, 1.807) is 0 Å². The summed E-state index contributed by atoms with van der Waals surface area (Å²) in [5, 5.41) is 0. The molecule has 0 radical (unpaired) electrons. The fraction of sp³-hybridized carbons (Fsp3) is 1.00. The molecule has 0 spiro atoms. The highest BCUT2D eigenvalue weighted by atomic mass is 15.3. The molecule has 17 heavy (non-hydrogen) atoms. The van der Waals surface area contributed by atoms with Crippen LogP contribution >= 0.6 is 0 Å². The van der Waals surface area contributed by atoms with Crippen LogP contribution in [0.25, 0.3) is 0 Å². The van der Waals surface area contributed by atoms with Crippen molar-refractivity contribution in [2.24, 2.45) is 11.1 Å². The molecule has 2 saturated heterocycles. The SMILES string of the molecule is NCC1(CCN2CCN3CCCC3C2)CCC1. The summed E-state index contributed by atoms with van der Waals surface area (Å²) in [7, 11) is 0. The van der Waals surface area contributed by atoms with E-state index in [1.807, 2.05) is 0 Å². The van der Waals surface area contributed by atoms with Gasteiger partial charge in [-0.05, 0) is 57.2 Å². The molecular weight excluding hydrogens is 210 g/mol. The number of piperazine rings is 1. The predicted octanol–water partition coefficient (Wildman–Crippen LogP) is 1.29. The second kappa shape index (κ2) is 4.87. The minimum Gasteiger partial charge on any atom is -0.330 e. The third-order valence-corrected chi connectivity index (χ3v) is 5.48. The lowest BCUT2D eigenvalue weighted by Crippen LogP contribution is -2.51. The first-order chi connectivity index (χ1) is 8.31. The summed E-state index contributed by atoms with van der Waals surface area (Å²) in [6, 6.07) is 0.874. The molecule has 3 fully saturated rings. The average Bonchev–Trinajstić information content (AvgIpc) is 2.75. The fourth-order valence-electron chi connectivity index (χ4n) is 3.89. The summed E-state index contributed by atoms with van der Waals surface area (Å²) in [5.41, 5.74) is 6.48. The van der Waals surface area contributed by atoms with Gasteiger partial charge in [0.05, 0.1) is 0 Å². The molecule has 2 N–H and O–H groups in total. The Balaban J connectivity index is 1.46. The van der Waals surface area contributed by atoms with E-state index in [1.165, 1.54) is 71.2 Å². The molecule has 0 aromatic heterocycles. The number of nitrogens with zero attached hydrogens (tertiary/aromatic N) is 2. The van der Waals surface area contributed by atoms with E-state index in [0.717, 1.165) is 12.6 Å². The monoisotopic (exact) mass is 237 g/mol. The molecule has 1 atom stereocenters. The van der Waals surface area contributed by atoms with Crippen LogP contribution in [0.5, 0.6) is 0 Å². The smallest absolute Gasteiger partial charge is 0.0224 e. The van der Waals surface area contributed by atoms with E-state index in [4.69, 9.17) is 5.73 Å². The van der Waals surface area contributed by atoms with Gasteiger partial charge in [-0.25, -0.2) is 0 Å². The van der Waals surface area contributed by atoms with Crippen LogP contribution in [0, 0.1) is 5.41 Å². The fourth-order valence-corrected chi connectivity index (χ4v) is 3.89. The lowest BCUT2D eigenvalue weighted by molar-refractivity contribution is 0.0667. The Morgan fingerprint density at radius 1 is 1.12 bits per heavy atom. The summed E-state index contributed by atoms with van der Waals surface area (Å²) >= 11 is 0. The molecule has 1 saturated carbocycles. The molecule has 0 bridgehead atoms. The van der Waals surface area contributed by atoms with Crippen LogP contribution in [0.4, 0.5) is 0 Å². The lowest BCUT2D eigenvalue weighted by Gasteiger charge is -2.44. The van der Waals surface area contributed by atoms with Gasteiger partial charge in [-0.2, -0.15) is 0 Å². The van der Waals surface area contributed by atoms with Gasteiger partial charge in [0, 0.05) is 25.7 Å². The molecule has 0 aromatic carbocycles. The maximum absolute atomic E-state index is 5.94. The van der Waals surface area contributed by atoms with Crippen molar-refractivity contribution in [3.63, 3.8) is 0 Å². The van der Waals surface area contributed by atoms with Crippen LogP contribution in [0.15, 0.2) is 0 Å². The van der Waals surface area contributed by atoms with Gasteiger partial charge in [-0.1, -0.05) is 6.42 Å². The Hall–Kier alpha value is -0.120. The normalized spacial score (nSPS) is 33.4. The number of hydrogen-bond acceptors (Lipinski definition) is 3. The number of fused-ring (bicyclic) bond motifs is 1. The van der Waals surface area contributed by atoms with E-state index >= 15 is 0 Å². The topological polar surface area (TPSA) is 32.5 Å². The van der Waals surface area contributed by atoms with Crippen molar-refractivity contribution in [1.82, 2.24) is 9.80 Å². The molecule has 3 rings (SSSR count). The van der Waals surface area contributed by atoms with Crippen LogP contribution in [-0.2, 0) is 0 Å². The molecule has 0 amide bonds. The van der Waals surface area contributed by atoms with Crippen molar-refractivity contribution in [2.45, 2.75) is 44.6 Å². The second-order valence-corrected chi connectivity index (χ2v) is 6.44. The van der Waals surface area contributed by atoms with E-state index in [0.29, 0.717) is 5.41 Å². The largest absolute Gasteiger partial charge is 0.330 e. The Kier molecular flexibility index (Phi) is 3.42. The van der Waals surface area contributed by atoms with Crippen molar-refractivity contribution in [1.29, 1.82) is 0 Å². The Morgan fingerprint density at radius 2 is 2.00 bits per heavy atom. The molecular formula is C14H27N3. The first-order valence-corrected chi connectivity index (χ1v) is 7.48. The second-order valence-electron chi connectivity index (χ2n) is 6.44. The zero-order chi connectivity index (χ0) is 11.7. The van der Waals surface area contributed by atoms with Crippen molar-refractivity contribution in [3.05, 3.63) is 0 Å². The molecule has 3 aliphatic rings. The summed E-state index contributed by atoms with van der Waals surface area (Å²) < 4.78 is 0. The van der Waals surface area contributed by atoms with Crippen LogP contribution in [0.1, 0.15) is 38.5 Å². The van der Waals surface area contributed by atoms with Crippen LogP contribution in [0.2, 0.25) is 0 Å². The molecule has 1 aliphatic carbocycles. The Labute approximate surface area is 105 Å². The van der Waals surface area contributed by atoms with Gasteiger partial charge in [0.1, 0.15) is 0 Å². The van der Waals surface area contributed by atoms with Gasteiger partial charge >= 0.3 is 0 Å². The Morgan fingerprint density at radius 3 is 2.71 bits per heavy atom. The van der Waals surface area contributed by atoms with Crippen molar-refractivity contribution >= 4 is 0 Å². The Bertz CT molecular complexity index is 257. The molecule has 2 heterocycles. The highest BCUT2D eigenvalue weighted by molar-refractivity contribution is 4.91. The van der Waals surface area contributed by atoms with E-state index in [-0.39, 0.29) is 0 Å². The third kappa shape index (κ3) is 2.38. The van der Waals surface area contributed by atoms with Crippen molar-refractivity contribution in [3.8, 4) is 0 Å². The summed E-state index contributed by atoms with van der Waals surface area (Å²) in [6.07, 6.45) is 8.37. The zero-order valence-corrected chi connectivity index (χ0v) is 11.0. The highest BCUT2D eigenvalue weighted by Gasteiger charge is 2.36. The predicted molar refractivity (Wildman–Crippen MR) is 71.0 cm³/mol. The van der Waals surface area contributed by atoms with Gasteiger partial charge < -0.3 is 10.6 Å². The van der Waals surface area contributed by atoms with E-state index in [9.17, 15) is 0 Å². The molecule has 98 valence electrons. The highest BCUT2D eigenvalue weighted by Crippen LogP contribution is 2.43. The van der Waals surface area contributed by atoms with Crippen molar-refractivity contribution in [2.75, 3.05) is 39.3 Å². The van der Waals surface area contributed by atoms with Crippen LogP contribution in [0.3, 0.4) is 0 Å². The van der Waals surface area contributed by atoms with Gasteiger partial charge in [0.15, 0.2) is 0 Å². The van der Waals surface area contributed by atoms with Gasteiger partial charge in [0.25, 0.3) is 0 Å². The average molecular weight is 237 g/mol. The molecule has 0 aromatic rings. The number of rotatable bonds is 4. The minimum atomic E-state index is 0.535. The molecule has 2 aliphatic heterocycles. The maximum atomic E-state index is 5.94. The van der Waals surface area contributed by atoms with Gasteiger partial charge in [-0.15, -0.1) is 0 Å². The van der Waals surface area contributed by atoms with Crippen LogP contribution < -0.4 is 5.73 Å². The standard InChI is InChI=1S/C14H27N3/c15-12-14(4-2-5-14)6-8-16-9-10-17-7-1-3-13(17)11-16/h13H,1-12,15H2. The first-order valence-electron chi connectivity index (χ1n) is 7.48. The molecule has 1 unspecified atom stereocenters.